The van der Waals surface area contributed by atoms with E-state index in [2.05, 4.69) is 10.3 Å². The van der Waals surface area contributed by atoms with E-state index in [9.17, 15) is 21.6 Å². The highest BCUT2D eigenvalue weighted by Gasteiger charge is 2.47. The summed E-state index contributed by atoms with van der Waals surface area (Å²) in [7, 11) is -1.80. The molecule has 2 rings (SSSR count). The van der Waals surface area contributed by atoms with Gasteiger partial charge in [0.2, 0.25) is 0 Å². The first-order valence-corrected chi connectivity index (χ1v) is 8.38. The van der Waals surface area contributed by atoms with Gasteiger partial charge in [-0.15, -0.1) is 0 Å². The normalized spacial score (nSPS) is 12.0. The van der Waals surface area contributed by atoms with Crippen molar-refractivity contribution in [2.24, 2.45) is 0 Å². The van der Waals surface area contributed by atoms with E-state index in [0.29, 0.717) is 5.82 Å². The molecule has 1 N–H and O–H groups in total. The van der Waals surface area contributed by atoms with Crippen LogP contribution < -0.4 is 10.2 Å². The van der Waals surface area contributed by atoms with Gasteiger partial charge in [0.05, 0.1) is 10.6 Å². The van der Waals surface area contributed by atoms with E-state index in [0.717, 1.165) is 11.6 Å². The summed E-state index contributed by atoms with van der Waals surface area (Å²) in [5.41, 5.74) is -4.69. The minimum Gasteiger partial charge on any atom is -0.380 e. The zero-order valence-electron chi connectivity index (χ0n) is 13.0. The molecule has 2 aromatic rings. The molecule has 0 spiro atoms. The van der Waals surface area contributed by atoms with Crippen molar-refractivity contribution in [2.45, 2.75) is 16.9 Å². The van der Waals surface area contributed by atoms with Gasteiger partial charge in [0.25, 0.3) is 9.84 Å². The van der Waals surface area contributed by atoms with Crippen LogP contribution in [0.15, 0.2) is 47.5 Å². The maximum atomic E-state index is 12.8. The summed E-state index contributed by atoms with van der Waals surface area (Å²) >= 11 is 0. The van der Waals surface area contributed by atoms with Gasteiger partial charge in [-0.25, -0.2) is 13.4 Å². The first kappa shape index (κ1) is 18.1. The van der Waals surface area contributed by atoms with E-state index >= 15 is 0 Å². The van der Waals surface area contributed by atoms with Crippen molar-refractivity contribution in [3.8, 4) is 0 Å². The van der Waals surface area contributed by atoms with Gasteiger partial charge >= 0.3 is 5.51 Å². The third kappa shape index (κ3) is 3.78. The highest BCUT2D eigenvalue weighted by atomic mass is 32.2. The van der Waals surface area contributed by atoms with Crippen LogP contribution in [0.1, 0.15) is 5.56 Å². The Balaban J connectivity index is 2.28. The fourth-order valence-electron chi connectivity index (χ4n) is 1.98. The molecule has 0 atom stereocenters. The molecule has 0 fully saturated rings. The molecule has 24 heavy (non-hydrogen) atoms. The fraction of sp³-hybridized carbons (Fsp3) is 0.267. The lowest BCUT2D eigenvalue weighted by Crippen LogP contribution is -2.24. The van der Waals surface area contributed by atoms with Gasteiger partial charge < -0.3 is 10.2 Å². The lowest BCUT2D eigenvalue weighted by Gasteiger charge is -2.15. The van der Waals surface area contributed by atoms with Crippen LogP contribution in [0.25, 0.3) is 0 Å². The summed E-state index contributed by atoms with van der Waals surface area (Å²) in [5.74, 6) is 0.686. The standard InChI is InChI=1S/C15H16F3N3O2S/c1-21(2)14-9-11(7-8-19-14)10-20-12-5-3-4-6-13(12)24(22,23)15(16,17)18/h3-9,20H,10H2,1-2H3. The number of hydrogen-bond acceptors (Lipinski definition) is 5. The molecule has 1 heterocycles. The van der Waals surface area contributed by atoms with Crippen molar-refractivity contribution >= 4 is 21.3 Å². The van der Waals surface area contributed by atoms with Crippen LogP contribution in [-0.4, -0.2) is 33.0 Å². The zero-order chi connectivity index (χ0) is 18.0. The molecule has 0 aliphatic carbocycles. The van der Waals surface area contributed by atoms with Gasteiger partial charge in [-0.1, -0.05) is 12.1 Å². The second kappa shape index (κ2) is 6.68. The van der Waals surface area contributed by atoms with Crippen molar-refractivity contribution in [3.63, 3.8) is 0 Å². The van der Waals surface area contributed by atoms with Crippen molar-refractivity contribution in [2.75, 3.05) is 24.3 Å². The molecular weight excluding hydrogens is 343 g/mol. The van der Waals surface area contributed by atoms with Crippen molar-refractivity contribution in [3.05, 3.63) is 48.2 Å². The second-order valence-corrected chi connectivity index (χ2v) is 7.13. The van der Waals surface area contributed by atoms with Crippen molar-refractivity contribution in [1.82, 2.24) is 4.98 Å². The van der Waals surface area contributed by atoms with E-state index < -0.39 is 20.2 Å². The molecule has 0 bridgehead atoms. The first-order valence-electron chi connectivity index (χ1n) is 6.89. The molecule has 0 saturated heterocycles. The summed E-state index contributed by atoms with van der Waals surface area (Å²) < 4.78 is 61.6. The topological polar surface area (TPSA) is 62.3 Å². The number of nitrogens with zero attached hydrogens (tertiary/aromatic N) is 2. The number of halogens is 3. The molecule has 9 heteroatoms. The largest absolute Gasteiger partial charge is 0.501 e. The Hall–Kier alpha value is -2.29. The van der Waals surface area contributed by atoms with Crippen LogP contribution in [0.2, 0.25) is 0 Å². The number of nitrogens with one attached hydrogen (secondary N) is 1. The molecule has 0 aliphatic rings. The number of para-hydroxylation sites is 1. The first-order chi connectivity index (χ1) is 11.1. The SMILES string of the molecule is CN(C)c1cc(CNc2ccccc2S(=O)(=O)C(F)(F)F)ccn1. The number of benzene rings is 1. The maximum Gasteiger partial charge on any atom is 0.501 e. The molecule has 0 amide bonds. The fourth-order valence-corrected chi connectivity index (χ4v) is 2.92. The predicted molar refractivity (Wildman–Crippen MR) is 85.6 cm³/mol. The van der Waals surface area contributed by atoms with Gasteiger partial charge in [0.1, 0.15) is 5.82 Å². The summed E-state index contributed by atoms with van der Waals surface area (Å²) in [5, 5.41) is 2.75. The van der Waals surface area contributed by atoms with E-state index in [1.807, 2.05) is 14.1 Å². The van der Waals surface area contributed by atoms with Crippen LogP contribution in [0, 0.1) is 0 Å². The Bertz CT molecular complexity index is 821. The smallest absolute Gasteiger partial charge is 0.380 e. The molecule has 0 radical (unpaired) electrons. The summed E-state index contributed by atoms with van der Waals surface area (Å²) in [4.78, 5) is 5.13. The monoisotopic (exact) mass is 359 g/mol. The van der Waals surface area contributed by atoms with Gasteiger partial charge in [0.15, 0.2) is 0 Å². The highest BCUT2D eigenvalue weighted by molar-refractivity contribution is 7.92. The van der Waals surface area contributed by atoms with Gasteiger partial charge in [-0.05, 0) is 29.8 Å². The van der Waals surface area contributed by atoms with Crippen molar-refractivity contribution in [1.29, 1.82) is 0 Å². The molecule has 1 aromatic heterocycles. The number of alkyl halides is 3. The van der Waals surface area contributed by atoms with Gasteiger partial charge in [0, 0.05) is 26.8 Å². The lowest BCUT2D eigenvalue weighted by molar-refractivity contribution is -0.0435. The van der Waals surface area contributed by atoms with Gasteiger partial charge in [-0.3, -0.25) is 0 Å². The Kier molecular flexibility index (Phi) is 5.02. The molecule has 130 valence electrons. The highest BCUT2D eigenvalue weighted by Crippen LogP contribution is 2.34. The Morgan fingerprint density at radius 3 is 2.46 bits per heavy atom. The van der Waals surface area contributed by atoms with Crippen LogP contribution in [0.4, 0.5) is 24.7 Å². The number of sulfone groups is 1. The minimum absolute atomic E-state index is 0.0990. The van der Waals surface area contributed by atoms with Gasteiger partial charge in [-0.2, -0.15) is 13.2 Å². The van der Waals surface area contributed by atoms with E-state index in [-0.39, 0.29) is 12.2 Å². The van der Waals surface area contributed by atoms with E-state index in [4.69, 9.17) is 0 Å². The second-order valence-electron chi connectivity index (χ2n) is 5.22. The third-order valence-corrected chi connectivity index (χ3v) is 4.78. The quantitative estimate of drug-likeness (QED) is 0.889. The maximum absolute atomic E-state index is 12.8. The van der Waals surface area contributed by atoms with E-state index in [1.165, 1.54) is 18.2 Å². The molecule has 1 aromatic carbocycles. The van der Waals surface area contributed by atoms with E-state index in [1.54, 1.807) is 23.2 Å². The average Bonchev–Trinajstić information content (AvgIpc) is 2.52. The summed E-state index contributed by atoms with van der Waals surface area (Å²) in [6.07, 6.45) is 1.57. The number of pyridine rings is 1. The predicted octanol–water partition coefficient (Wildman–Crippen LogP) is 3.05. The number of aromatic nitrogens is 1. The zero-order valence-corrected chi connectivity index (χ0v) is 13.8. The van der Waals surface area contributed by atoms with Crippen LogP contribution in [0.5, 0.6) is 0 Å². The molecule has 0 unspecified atom stereocenters. The Morgan fingerprint density at radius 1 is 1.17 bits per heavy atom. The Morgan fingerprint density at radius 2 is 1.83 bits per heavy atom. The number of hydrogen-bond donors (Lipinski definition) is 1. The van der Waals surface area contributed by atoms with Crippen LogP contribution >= 0.6 is 0 Å². The van der Waals surface area contributed by atoms with Crippen LogP contribution in [0.3, 0.4) is 0 Å². The summed E-state index contributed by atoms with van der Waals surface area (Å²) in [6.45, 7) is 0.160. The molecule has 5 nitrogen and oxygen atoms in total. The van der Waals surface area contributed by atoms with Crippen LogP contribution in [-0.2, 0) is 16.4 Å². The lowest BCUT2D eigenvalue weighted by atomic mass is 10.2. The molecular formula is C15H16F3N3O2S. The average molecular weight is 359 g/mol. The summed E-state index contributed by atoms with van der Waals surface area (Å²) in [6, 6.07) is 8.40. The number of rotatable bonds is 5. The molecule has 0 aliphatic heterocycles. The number of anilines is 2. The molecule has 0 saturated carbocycles. The Labute approximate surface area is 138 Å². The van der Waals surface area contributed by atoms with Crippen molar-refractivity contribution < 1.29 is 21.6 Å². The third-order valence-electron chi connectivity index (χ3n) is 3.23. The minimum atomic E-state index is -5.42.